The maximum absolute atomic E-state index is 11.7. The van der Waals surface area contributed by atoms with Crippen LogP contribution in [0.5, 0.6) is 0 Å². The van der Waals surface area contributed by atoms with Crippen LogP contribution in [0.2, 0.25) is 0 Å². The zero-order valence-corrected chi connectivity index (χ0v) is 11.9. The highest BCUT2D eigenvalue weighted by molar-refractivity contribution is 5.83. The first-order chi connectivity index (χ1) is 9.72. The van der Waals surface area contributed by atoms with Gasteiger partial charge in [0, 0.05) is 0 Å². The molecule has 0 bridgehead atoms. The molecule has 1 rings (SSSR count). The summed E-state index contributed by atoms with van der Waals surface area (Å²) < 4.78 is 5.25. The third-order valence-electron chi connectivity index (χ3n) is 2.60. The summed E-state index contributed by atoms with van der Waals surface area (Å²) in [5, 5.41) is 30.1. The van der Waals surface area contributed by atoms with E-state index in [1.807, 2.05) is 0 Å². The first-order valence-corrected chi connectivity index (χ1v) is 6.29. The largest absolute Gasteiger partial charge is 0.480 e. The summed E-state index contributed by atoms with van der Waals surface area (Å²) in [6.45, 7) is 4.51. The molecule has 0 aromatic carbocycles. The van der Waals surface area contributed by atoms with Crippen LogP contribution in [0.3, 0.4) is 0 Å². The Morgan fingerprint density at radius 3 is 2.19 bits per heavy atom. The van der Waals surface area contributed by atoms with Crippen LogP contribution < -0.4 is 16.4 Å². The SMILES string of the molecule is CC(O)C(NC(=O)N[C@@H](C)c1nnc([C@H](C)N)o1)C(=O)O. The van der Waals surface area contributed by atoms with Crippen LogP contribution >= 0.6 is 0 Å². The van der Waals surface area contributed by atoms with Gasteiger partial charge in [-0.15, -0.1) is 10.2 Å². The monoisotopic (exact) mass is 301 g/mol. The third-order valence-corrected chi connectivity index (χ3v) is 2.60. The van der Waals surface area contributed by atoms with E-state index in [0.717, 1.165) is 0 Å². The van der Waals surface area contributed by atoms with E-state index in [1.165, 1.54) is 6.92 Å². The summed E-state index contributed by atoms with van der Waals surface area (Å²) in [7, 11) is 0. The van der Waals surface area contributed by atoms with E-state index >= 15 is 0 Å². The third kappa shape index (κ3) is 4.68. The average Bonchev–Trinajstić information content (AvgIpc) is 2.84. The normalized spacial score (nSPS) is 16.6. The number of hydrogen-bond acceptors (Lipinski definition) is 7. The van der Waals surface area contributed by atoms with E-state index in [-0.39, 0.29) is 11.8 Å². The van der Waals surface area contributed by atoms with Crippen molar-refractivity contribution in [3.63, 3.8) is 0 Å². The minimum Gasteiger partial charge on any atom is -0.480 e. The number of carbonyl (C=O) groups is 2. The quantitative estimate of drug-likeness (QED) is 0.459. The number of aliphatic hydroxyl groups is 1. The number of aromatic nitrogens is 2. The number of aliphatic carboxylic acids is 1. The Morgan fingerprint density at radius 2 is 1.76 bits per heavy atom. The second kappa shape index (κ2) is 6.99. The lowest BCUT2D eigenvalue weighted by molar-refractivity contribution is -0.141. The standard InChI is InChI=1S/C11H19N5O5/c1-4(12)8-15-16-9(21-8)5(2)13-11(20)14-7(6(3)17)10(18)19/h4-7,17H,12H2,1-3H3,(H,18,19)(H2,13,14,20)/t4-,5-,6?,7?/m0/s1. The molecule has 0 aliphatic carbocycles. The fraction of sp³-hybridized carbons (Fsp3) is 0.636. The van der Waals surface area contributed by atoms with Crippen LogP contribution in [0.15, 0.2) is 4.42 Å². The average molecular weight is 301 g/mol. The number of nitrogens with one attached hydrogen (secondary N) is 2. The van der Waals surface area contributed by atoms with E-state index in [0.29, 0.717) is 0 Å². The number of hydrogen-bond donors (Lipinski definition) is 5. The Kier molecular flexibility index (Phi) is 5.61. The van der Waals surface area contributed by atoms with Crippen molar-refractivity contribution >= 4 is 12.0 Å². The first kappa shape index (κ1) is 16.9. The molecule has 1 heterocycles. The van der Waals surface area contributed by atoms with E-state index in [1.54, 1.807) is 13.8 Å². The predicted molar refractivity (Wildman–Crippen MR) is 70.1 cm³/mol. The summed E-state index contributed by atoms with van der Waals surface area (Å²) in [6, 6.07) is -3.27. The topological polar surface area (TPSA) is 164 Å². The molecule has 2 unspecified atom stereocenters. The number of carboxylic acids is 1. The van der Waals surface area contributed by atoms with Gasteiger partial charge in [-0.3, -0.25) is 0 Å². The molecule has 0 spiro atoms. The molecular formula is C11H19N5O5. The number of amides is 2. The minimum atomic E-state index is -1.42. The van der Waals surface area contributed by atoms with Gasteiger partial charge in [0.1, 0.15) is 6.04 Å². The lowest BCUT2D eigenvalue weighted by atomic mass is 10.2. The number of rotatable bonds is 6. The molecule has 2 amide bonds. The zero-order valence-electron chi connectivity index (χ0n) is 11.9. The van der Waals surface area contributed by atoms with Gasteiger partial charge in [0.25, 0.3) is 0 Å². The maximum atomic E-state index is 11.7. The molecule has 1 aromatic heterocycles. The molecule has 10 heteroatoms. The number of nitrogens with two attached hydrogens (primary N) is 1. The first-order valence-electron chi connectivity index (χ1n) is 6.29. The summed E-state index contributed by atoms with van der Waals surface area (Å²) in [4.78, 5) is 22.5. The van der Waals surface area contributed by atoms with Crippen molar-refractivity contribution in [1.29, 1.82) is 0 Å². The molecule has 1 aromatic rings. The van der Waals surface area contributed by atoms with Gasteiger partial charge in [-0.05, 0) is 20.8 Å². The van der Waals surface area contributed by atoms with Gasteiger partial charge in [-0.2, -0.15) is 0 Å². The fourth-order valence-electron chi connectivity index (χ4n) is 1.44. The molecule has 0 aliphatic heterocycles. The van der Waals surface area contributed by atoms with Gasteiger partial charge in [-0.25, -0.2) is 9.59 Å². The molecule has 10 nitrogen and oxygen atoms in total. The minimum absolute atomic E-state index is 0.140. The maximum Gasteiger partial charge on any atom is 0.328 e. The zero-order chi connectivity index (χ0) is 16.2. The van der Waals surface area contributed by atoms with Crippen LogP contribution in [-0.4, -0.2) is 44.6 Å². The summed E-state index contributed by atoms with van der Waals surface area (Å²) in [6.07, 6.45) is -1.24. The van der Waals surface area contributed by atoms with Crippen molar-refractivity contribution in [2.24, 2.45) is 5.73 Å². The number of nitrogens with zero attached hydrogens (tertiary/aromatic N) is 2. The molecule has 0 saturated heterocycles. The second-order valence-electron chi connectivity index (χ2n) is 4.66. The highest BCUT2D eigenvalue weighted by Gasteiger charge is 2.26. The van der Waals surface area contributed by atoms with Gasteiger partial charge in [-0.1, -0.05) is 0 Å². The van der Waals surface area contributed by atoms with Gasteiger partial charge in [0.2, 0.25) is 11.8 Å². The van der Waals surface area contributed by atoms with E-state index in [4.69, 9.17) is 15.3 Å². The van der Waals surface area contributed by atoms with Gasteiger partial charge in [0.05, 0.1) is 12.1 Å². The Hall–Kier alpha value is -2.20. The number of aliphatic hydroxyl groups excluding tert-OH is 1. The highest BCUT2D eigenvalue weighted by atomic mass is 16.4. The smallest absolute Gasteiger partial charge is 0.328 e. The molecule has 0 aliphatic rings. The Labute approximate surface area is 120 Å². The highest BCUT2D eigenvalue weighted by Crippen LogP contribution is 2.13. The molecular weight excluding hydrogens is 282 g/mol. The lowest BCUT2D eigenvalue weighted by Gasteiger charge is -2.18. The van der Waals surface area contributed by atoms with Crippen LogP contribution in [0, 0.1) is 0 Å². The second-order valence-corrected chi connectivity index (χ2v) is 4.66. The molecule has 0 saturated carbocycles. The van der Waals surface area contributed by atoms with Crippen LogP contribution in [0.1, 0.15) is 44.6 Å². The van der Waals surface area contributed by atoms with Crippen LogP contribution in [-0.2, 0) is 4.79 Å². The van der Waals surface area contributed by atoms with Crippen molar-refractivity contribution in [1.82, 2.24) is 20.8 Å². The molecule has 21 heavy (non-hydrogen) atoms. The number of urea groups is 1. The van der Waals surface area contributed by atoms with Crippen LogP contribution in [0.4, 0.5) is 4.79 Å². The van der Waals surface area contributed by atoms with Crippen molar-refractivity contribution in [3.05, 3.63) is 11.8 Å². The molecule has 0 radical (unpaired) electrons. The molecule has 0 fully saturated rings. The lowest BCUT2D eigenvalue weighted by Crippen LogP contribution is -2.51. The Morgan fingerprint density at radius 1 is 1.19 bits per heavy atom. The van der Waals surface area contributed by atoms with E-state index < -0.39 is 36.2 Å². The Bertz CT molecular complexity index is 501. The molecule has 4 atom stereocenters. The summed E-state index contributed by atoms with van der Waals surface area (Å²) in [5.74, 6) is -0.974. The predicted octanol–water partition coefficient (Wildman–Crippen LogP) is -0.716. The summed E-state index contributed by atoms with van der Waals surface area (Å²) >= 11 is 0. The van der Waals surface area contributed by atoms with Gasteiger partial charge >= 0.3 is 12.0 Å². The number of carbonyl (C=O) groups excluding carboxylic acids is 1. The van der Waals surface area contributed by atoms with E-state index in [2.05, 4.69) is 20.8 Å². The molecule has 118 valence electrons. The van der Waals surface area contributed by atoms with Gasteiger partial charge in [0.15, 0.2) is 6.04 Å². The Balaban J connectivity index is 2.62. The van der Waals surface area contributed by atoms with Crippen molar-refractivity contribution in [2.45, 2.75) is 45.0 Å². The van der Waals surface area contributed by atoms with Crippen LogP contribution in [0.25, 0.3) is 0 Å². The van der Waals surface area contributed by atoms with Crippen molar-refractivity contribution in [2.75, 3.05) is 0 Å². The van der Waals surface area contributed by atoms with Crippen molar-refractivity contribution < 1.29 is 24.2 Å². The van der Waals surface area contributed by atoms with Crippen molar-refractivity contribution in [3.8, 4) is 0 Å². The van der Waals surface area contributed by atoms with Gasteiger partial charge < -0.3 is 31.0 Å². The number of carboxylic acid groups (broad SMARTS) is 1. The fourth-order valence-corrected chi connectivity index (χ4v) is 1.44. The summed E-state index contributed by atoms with van der Waals surface area (Å²) in [5.41, 5.74) is 5.57. The molecule has 6 N–H and O–H groups in total. The van der Waals surface area contributed by atoms with E-state index in [9.17, 15) is 14.7 Å².